The fourth-order valence-corrected chi connectivity index (χ4v) is 1.14. The van der Waals surface area contributed by atoms with Crippen LogP contribution in [-0.4, -0.2) is 12.6 Å². The maximum Gasteiger partial charge on any atom is 0.416 e. The van der Waals surface area contributed by atoms with Crippen LogP contribution in [0.3, 0.4) is 0 Å². The molecule has 0 bridgehead atoms. The molecule has 0 aliphatic heterocycles. The van der Waals surface area contributed by atoms with Crippen molar-refractivity contribution in [2.75, 3.05) is 12.3 Å². The van der Waals surface area contributed by atoms with Gasteiger partial charge in [-0.2, -0.15) is 13.2 Å². The van der Waals surface area contributed by atoms with Crippen LogP contribution in [0.15, 0.2) is 30.9 Å². The van der Waals surface area contributed by atoms with Crippen LogP contribution in [0, 0.1) is 0 Å². The van der Waals surface area contributed by atoms with Gasteiger partial charge in [0.25, 0.3) is 0 Å². The van der Waals surface area contributed by atoms with E-state index in [4.69, 9.17) is 5.73 Å². The molecular weight excluding hydrogens is 235 g/mol. The van der Waals surface area contributed by atoms with E-state index >= 15 is 0 Å². The number of hydrogen-bond donors (Lipinski definition) is 1. The number of anilines is 1. The quantitative estimate of drug-likeness (QED) is 0.506. The summed E-state index contributed by atoms with van der Waals surface area (Å²) < 4.78 is 41.6. The topological polar surface area (TPSA) is 52.3 Å². The summed E-state index contributed by atoms with van der Waals surface area (Å²) in [6.45, 7) is 3.31. The highest BCUT2D eigenvalue weighted by Gasteiger charge is 2.31. The standard InChI is InChI=1S/C11H10F3NO2/c1-2-5-17-10(16)8-4-3-7(6-9(8)15)11(12,13)14/h2-4,6H,1,5,15H2. The number of halogens is 3. The highest BCUT2D eigenvalue weighted by molar-refractivity contribution is 5.95. The zero-order valence-corrected chi connectivity index (χ0v) is 8.75. The van der Waals surface area contributed by atoms with Crippen LogP contribution in [0.5, 0.6) is 0 Å². The predicted octanol–water partition coefficient (Wildman–Crippen LogP) is 2.63. The molecule has 0 spiro atoms. The summed E-state index contributed by atoms with van der Waals surface area (Å²) in [5.74, 6) is -0.781. The van der Waals surface area contributed by atoms with E-state index in [0.29, 0.717) is 6.07 Å². The first kappa shape index (κ1) is 13.1. The Balaban J connectivity index is 2.98. The van der Waals surface area contributed by atoms with Crippen molar-refractivity contribution in [3.8, 4) is 0 Å². The number of rotatable bonds is 3. The van der Waals surface area contributed by atoms with Crippen molar-refractivity contribution in [3.05, 3.63) is 42.0 Å². The Morgan fingerprint density at radius 2 is 2.12 bits per heavy atom. The van der Waals surface area contributed by atoms with Crippen LogP contribution in [0.25, 0.3) is 0 Å². The molecular formula is C11H10F3NO2. The molecule has 0 saturated heterocycles. The van der Waals surface area contributed by atoms with Gasteiger partial charge in [0.15, 0.2) is 0 Å². The van der Waals surface area contributed by atoms with E-state index in [0.717, 1.165) is 12.1 Å². The van der Waals surface area contributed by atoms with E-state index in [1.807, 2.05) is 0 Å². The van der Waals surface area contributed by atoms with Crippen LogP contribution < -0.4 is 5.73 Å². The van der Waals surface area contributed by atoms with Gasteiger partial charge >= 0.3 is 12.1 Å². The normalized spacial score (nSPS) is 11.0. The molecule has 0 aliphatic carbocycles. The van der Waals surface area contributed by atoms with Gasteiger partial charge in [0, 0.05) is 5.69 Å². The predicted molar refractivity (Wildman–Crippen MR) is 56.3 cm³/mol. The number of alkyl halides is 3. The molecule has 17 heavy (non-hydrogen) atoms. The second-order valence-corrected chi connectivity index (χ2v) is 3.19. The van der Waals surface area contributed by atoms with Crippen molar-refractivity contribution in [2.24, 2.45) is 0 Å². The highest BCUT2D eigenvalue weighted by Crippen LogP contribution is 2.31. The lowest BCUT2D eigenvalue weighted by Crippen LogP contribution is -2.11. The Hall–Kier alpha value is -1.98. The van der Waals surface area contributed by atoms with Crippen molar-refractivity contribution in [3.63, 3.8) is 0 Å². The lowest BCUT2D eigenvalue weighted by molar-refractivity contribution is -0.137. The second-order valence-electron chi connectivity index (χ2n) is 3.19. The number of hydrogen-bond acceptors (Lipinski definition) is 3. The van der Waals surface area contributed by atoms with Gasteiger partial charge in [-0.05, 0) is 18.2 Å². The van der Waals surface area contributed by atoms with Gasteiger partial charge in [0.05, 0.1) is 11.1 Å². The molecule has 1 aromatic carbocycles. The van der Waals surface area contributed by atoms with Gasteiger partial charge in [0.2, 0.25) is 0 Å². The van der Waals surface area contributed by atoms with Crippen molar-refractivity contribution in [2.45, 2.75) is 6.18 Å². The molecule has 0 aliphatic rings. The van der Waals surface area contributed by atoms with E-state index in [1.54, 1.807) is 0 Å². The van der Waals surface area contributed by atoms with Crippen LogP contribution in [0.4, 0.5) is 18.9 Å². The maximum absolute atomic E-state index is 12.3. The molecule has 0 atom stereocenters. The molecule has 0 radical (unpaired) electrons. The first-order valence-corrected chi connectivity index (χ1v) is 4.61. The number of carbonyl (C=O) groups is 1. The molecule has 0 aromatic heterocycles. The van der Waals surface area contributed by atoms with Crippen molar-refractivity contribution < 1.29 is 22.7 Å². The molecule has 1 aromatic rings. The summed E-state index contributed by atoms with van der Waals surface area (Å²) in [5, 5.41) is 0. The Labute approximate surface area is 95.7 Å². The van der Waals surface area contributed by atoms with Gasteiger partial charge in [0.1, 0.15) is 6.61 Å². The summed E-state index contributed by atoms with van der Waals surface area (Å²) in [7, 11) is 0. The van der Waals surface area contributed by atoms with Gasteiger partial charge in [-0.25, -0.2) is 4.79 Å². The fourth-order valence-electron chi connectivity index (χ4n) is 1.14. The third-order valence-corrected chi connectivity index (χ3v) is 1.93. The minimum absolute atomic E-state index is 0.0285. The maximum atomic E-state index is 12.3. The van der Waals surface area contributed by atoms with E-state index < -0.39 is 17.7 Å². The Morgan fingerprint density at radius 1 is 1.47 bits per heavy atom. The number of esters is 1. The van der Waals surface area contributed by atoms with Crippen LogP contribution >= 0.6 is 0 Å². The molecule has 92 valence electrons. The summed E-state index contributed by atoms with van der Waals surface area (Å²) in [4.78, 5) is 11.4. The summed E-state index contributed by atoms with van der Waals surface area (Å²) in [6.07, 6.45) is -3.14. The molecule has 0 fully saturated rings. The molecule has 6 heteroatoms. The van der Waals surface area contributed by atoms with Crippen molar-refractivity contribution >= 4 is 11.7 Å². The number of nitrogens with two attached hydrogens (primary N) is 1. The molecule has 0 unspecified atom stereocenters. The Kier molecular flexibility index (Phi) is 3.77. The molecule has 2 N–H and O–H groups in total. The Bertz CT molecular complexity index is 441. The first-order valence-electron chi connectivity index (χ1n) is 4.61. The number of carbonyl (C=O) groups excluding carboxylic acids is 1. The molecule has 0 heterocycles. The molecule has 0 amide bonds. The number of nitrogen functional groups attached to an aromatic ring is 1. The van der Waals surface area contributed by atoms with E-state index in [2.05, 4.69) is 11.3 Å². The minimum Gasteiger partial charge on any atom is -0.458 e. The lowest BCUT2D eigenvalue weighted by atomic mass is 10.1. The monoisotopic (exact) mass is 245 g/mol. The zero-order valence-electron chi connectivity index (χ0n) is 8.75. The van der Waals surface area contributed by atoms with E-state index in [-0.39, 0.29) is 17.9 Å². The van der Waals surface area contributed by atoms with Gasteiger partial charge in [-0.1, -0.05) is 12.7 Å². The SMILES string of the molecule is C=CCOC(=O)c1ccc(C(F)(F)F)cc1N. The fraction of sp³-hybridized carbons (Fsp3) is 0.182. The number of ether oxygens (including phenoxy) is 1. The minimum atomic E-state index is -4.49. The smallest absolute Gasteiger partial charge is 0.416 e. The first-order chi connectivity index (χ1) is 7.86. The summed E-state index contributed by atoms with van der Waals surface area (Å²) in [5.41, 5.74) is 4.09. The number of benzene rings is 1. The summed E-state index contributed by atoms with van der Waals surface area (Å²) >= 11 is 0. The van der Waals surface area contributed by atoms with Crippen LogP contribution in [-0.2, 0) is 10.9 Å². The van der Waals surface area contributed by atoms with Gasteiger partial charge in [-0.15, -0.1) is 0 Å². The van der Waals surface area contributed by atoms with Crippen molar-refractivity contribution in [1.29, 1.82) is 0 Å². The average molecular weight is 245 g/mol. The molecule has 3 nitrogen and oxygen atoms in total. The second kappa shape index (κ2) is 4.90. The Morgan fingerprint density at radius 3 is 2.59 bits per heavy atom. The van der Waals surface area contributed by atoms with E-state index in [1.165, 1.54) is 6.08 Å². The van der Waals surface area contributed by atoms with Gasteiger partial charge < -0.3 is 10.5 Å². The largest absolute Gasteiger partial charge is 0.458 e. The highest BCUT2D eigenvalue weighted by atomic mass is 19.4. The van der Waals surface area contributed by atoms with E-state index in [9.17, 15) is 18.0 Å². The molecule has 0 saturated carbocycles. The lowest BCUT2D eigenvalue weighted by Gasteiger charge is -2.10. The van der Waals surface area contributed by atoms with Gasteiger partial charge in [-0.3, -0.25) is 0 Å². The van der Waals surface area contributed by atoms with Crippen molar-refractivity contribution in [1.82, 2.24) is 0 Å². The third kappa shape index (κ3) is 3.24. The zero-order chi connectivity index (χ0) is 13.1. The molecule has 1 rings (SSSR count). The van der Waals surface area contributed by atoms with Crippen LogP contribution in [0.1, 0.15) is 15.9 Å². The summed E-state index contributed by atoms with van der Waals surface area (Å²) in [6, 6.07) is 2.47. The third-order valence-electron chi connectivity index (χ3n) is 1.93. The average Bonchev–Trinajstić information content (AvgIpc) is 2.24. The van der Waals surface area contributed by atoms with Crippen LogP contribution in [0.2, 0.25) is 0 Å².